The second kappa shape index (κ2) is 4.69. The van der Waals surface area contributed by atoms with Crippen molar-refractivity contribution in [2.45, 2.75) is 12.1 Å². The fraction of sp³-hybridized carbons (Fsp3) is 0.273. The van der Waals surface area contributed by atoms with Crippen LogP contribution in [0.2, 0.25) is 0 Å². The smallest absolute Gasteiger partial charge is 0.335 e. The predicted molar refractivity (Wildman–Crippen MR) is 54.6 cm³/mol. The number of carboxylic acid groups (broad SMARTS) is 1. The van der Waals surface area contributed by atoms with Crippen LogP contribution in [0.3, 0.4) is 0 Å². The monoisotopic (exact) mass is 257 g/mol. The summed E-state index contributed by atoms with van der Waals surface area (Å²) < 4.78 is 30.7. The predicted octanol–water partition coefficient (Wildman–Crippen LogP) is 0.606. The molecule has 96 valence electrons. The van der Waals surface area contributed by atoms with Crippen molar-refractivity contribution in [3.8, 4) is 0 Å². The fourth-order valence-electron chi connectivity index (χ4n) is 1.73. The number of nitrogens with one attached hydrogen (secondary N) is 1. The van der Waals surface area contributed by atoms with E-state index in [1.165, 1.54) is 6.07 Å². The van der Waals surface area contributed by atoms with Gasteiger partial charge in [-0.1, -0.05) is 6.07 Å². The molecular weight excluding hydrogens is 248 g/mol. The molecule has 5 nitrogen and oxygen atoms in total. The zero-order valence-electron chi connectivity index (χ0n) is 9.02. The highest BCUT2D eigenvalue weighted by molar-refractivity contribution is 5.82. The quantitative estimate of drug-likeness (QED) is 0.813. The minimum Gasteiger partial charge on any atom is -0.479 e. The van der Waals surface area contributed by atoms with Crippen molar-refractivity contribution in [2.75, 3.05) is 6.61 Å². The highest BCUT2D eigenvalue weighted by Crippen LogP contribution is 2.24. The lowest BCUT2D eigenvalue weighted by molar-refractivity contribution is -0.160. The summed E-state index contributed by atoms with van der Waals surface area (Å²) in [5, 5.41) is 11.3. The van der Waals surface area contributed by atoms with Gasteiger partial charge in [0.25, 0.3) is 0 Å². The van der Waals surface area contributed by atoms with E-state index in [2.05, 4.69) is 5.32 Å². The number of rotatable bonds is 2. The first-order chi connectivity index (χ1) is 8.49. The van der Waals surface area contributed by atoms with E-state index in [1.807, 2.05) is 0 Å². The molecule has 7 heteroatoms. The van der Waals surface area contributed by atoms with Gasteiger partial charge in [-0.2, -0.15) is 0 Å². The van der Waals surface area contributed by atoms with E-state index in [4.69, 9.17) is 9.84 Å². The van der Waals surface area contributed by atoms with Crippen molar-refractivity contribution in [3.05, 3.63) is 35.4 Å². The van der Waals surface area contributed by atoms with Crippen LogP contribution in [0.5, 0.6) is 0 Å². The standard InChI is InChI=1S/C11H9F2NO4/c12-6-2-1-5(3-7(6)13)9-10(11(16)17)18-4-8(15)14-9/h1-3,9-10H,4H2,(H,14,15)(H,16,17). The van der Waals surface area contributed by atoms with Gasteiger partial charge >= 0.3 is 5.97 Å². The lowest BCUT2D eigenvalue weighted by atomic mass is 9.99. The highest BCUT2D eigenvalue weighted by atomic mass is 19.2. The first kappa shape index (κ1) is 12.4. The Morgan fingerprint density at radius 1 is 1.39 bits per heavy atom. The first-order valence-electron chi connectivity index (χ1n) is 5.08. The summed E-state index contributed by atoms with van der Waals surface area (Å²) in [4.78, 5) is 22.1. The molecule has 2 atom stereocenters. The summed E-state index contributed by atoms with van der Waals surface area (Å²) in [6, 6.07) is 1.86. The van der Waals surface area contributed by atoms with Crippen LogP contribution in [0.4, 0.5) is 8.78 Å². The van der Waals surface area contributed by atoms with Crippen molar-refractivity contribution < 1.29 is 28.2 Å². The van der Waals surface area contributed by atoms with E-state index < -0.39 is 35.7 Å². The molecule has 1 aromatic carbocycles. The molecular formula is C11H9F2NO4. The Morgan fingerprint density at radius 2 is 2.11 bits per heavy atom. The molecule has 0 saturated carbocycles. The maximum atomic E-state index is 13.1. The van der Waals surface area contributed by atoms with Crippen molar-refractivity contribution in [2.24, 2.45) is 0 Å². The molecule has 1 heterocycles. The number of morpholine rings is 1. The average molecular weight is 257 g/mol. The molecule has 2 unspecified atom stereocenters. The molecule has 1 aliphatic heterocycles. The number of halogens is 2. The van der Waals surface area contributed by atoms with Crippen LogP contribution >= 0.6 is 0 Å². The summed E-state index contributed by atoms with van der Waals surface area (Å²) in [5.41, 5.74) is 0.134. The van der Waals surface area contributed by atoms with E-state index in [0.717, 1.165) is 12.1 Å². The zero-order valence-corrected chi connectivity index (χ0v) is 9.02. The Balaban J connectivity index is 2.34. The maximum Gasteiger partial charge on any atom is 0.335 e. The summed E-state index contributed by atoms with van der Waals surface area (Å²) in [7, 11) is 0. The number of hydrogen-bond donors (Lipinski definition) is 2. The molecule has 0 radical (unpaired) electrons. The van der Waals surface area contributed by atoms with Gasteiger partial charge in [-0.25, -0.2) is 13.6 Å². The third-order valence-electron chi connectivity index (χ3n) is 2.56. The number of amides is 1. The summed E-state index contributed by atoms with van der Waals surface area (Å²) >= 11 is 0. The lowest BCUT2D eigenvalue weighted by Crippen LogP contribution is -2.49. The van der Waals surface area contributed by atoms with Crippen LogP contribution in [0.15, 0.2) is 18.2 Å². The first-order valence-corrected chi connectivity index (χ1v) is 5.08. The molecule has 0 spiro atoms. The Bertz CT molecular complexity index is 506. The number of carboxylic acids is 1. The molecule has 1 aromatic rings. The largest absolute Gasteiger partial charge is 0.479 e. The molecule has 2 rings (SSSR count). The minimum absolute atomic E-state index is 0.134. The highest BCUT2D eigenvalue weighted by Gasteiger charge is 2.36. The number of ether oxygens (including phenoxy) is 1. The van der Waals surface area contributed by atoms with E-state index in [1.54, 1.807) is 0 Å². The summed E-state index contributed by atoms with van der Waals surface area (Å²) in [6.45, 7) is -0.378. The second-order valence-corrected chi connectivity index (χ2v) is 3.79. The van der Waals surface area contributed by atoms with Gasteiger partial charge in [0.2, 0.25) is 5.91 Å². The molecule has 2 N–H and O–H groups in total. The van der Waals surface area contributed by atoms with Gasteiger partial charge in [0.15, 0.2) is 17.7 Å². The summed E-state index contributed by atoms with van der Waals surface area (Å²) in [6.07, 6.45) is -1.33. The zero-order chi connectivity index (χ0) is 13.3. The molecule has 18 heavy (non-hydrogen) atoms. The number of carbonyl (C=O) groups excluding carboxylic acids is 1. The van der Waals surface area contributed by atoms with Crippen LogP contribution in [0, 0.1) is 11.6 Å². The fourth-order valence-corrected chi connectivity index (χ4v) is 1.73. The van der Waals surface area contributed by atoms with Crippen LogP contribution in [-0.2, 0) is 14.3 Å². The number of hydrogen-bond acceptors (Lipinski definition) is 3. The van der Waals surface area contributed by atoms with Gasteiger partial charge in [0.1, 0.15) is 6.61 Å². The van der Waals surface area contributed by atoms with Crippen LogP contribution in [0.1, 0.15) is 11.6 Å². The van der Waals surface area contributed by atoms with Gasteiger partial charge in [-0.05, 0) is 17.7 Å². The number of aliphatic carboxylic acids is 1. The number of carbonyl (C=O) groups is 2. The molecule has 0 aliphatic carbocycles. The van der Waals surface area contributed by atoms with E-state index in [-0.39, 0.29) is 12.2 Å². The molecule has 0 bridgehead atoms. The van der Waals surface area contributed by atoms with Gasteiger partial charge in [-0.3, -0.25) is 4.79 Å². The van der Waals surface area contributed by atoms with Gasteiger partial charge in [0.05, 0.1) is 6.04 Å². The SMILES string of the molecule is O=C1COC(C(=O)O)C(c2ccc(F)c(F)c2)N1. The van der Waals surface area contributed by atoms with E-state index in [9.17, 15) is 18.4 Å². The number of benzene rings is 1. The summed E-state index contributed by atoms with van der Waals surface area (Å²) in [5.74, 6) is -3.96. The molecule has 1 fully saturated rings. The van der Waals surface area contributed by atoms with Crippen molar-refractivity contribution in [1.82, 2.24) is 5.32 Å². The third kappa shape index (κ3) is 2.30. The second-order valence-electron chi connectivity index (χ2n) is 3.79. The Labute approximate surface area is 100 Å². The third-order valence-corrected chi connectivity index (χ3v) is 2.56. The Hall–Kier alpha value is -2.02. The van der Waals surface area contributed by atoms with Crippen molar-refractivity contribution >= 4 is 11.9 Å². The van der Waals surface area contributed by atoms with Crippen molar-refractivity contribution in [1.29, 1.82) is 0 Å². The molecule has 1 saturated heterocycles. The van der Waals surface area contributed by atoms with E-state index >= 15 is 0 Å². The topological polar surface area (TPSA) is 75.6 Å². The Kier molecular flexibility index (Phi) is 3.24. The van der Waals surface area contributed by atoms with E-state index in [0.29, 0.717) is 0 Å². The average Bonchev–Trinajstić information content (AvgIpc) is 2.32. The molecule has 1 amide bonds. The van der Waals surface area contributed by atoms with Crippen LogP contribution in [-0.4, -0.2) is 29.7 Å². The van der Waals surface area contributed by atoms with Gasteiger partial charge < -0.3 is 15.2 Å². The lowest BCUT2D eigenvalue weighted by Gasteiger charge is -2.29. The van der Waals surface area contributed by atoms with Gasteiger partial charge in [0, 0.05) is 0 Å². The van der Waals surface area contributed by atoms with Crippen LogP contribution < -0.4 is 5.32 Å². The van der Waals surface area contributed by atoms with Gasteiger partial charge in [-0.15, -0.1) is 0 Å². The maximum absolute atomic E-state index is 13.1. The minimum atomic E-state index is -1.33. The Morgan fingerprint density at radius 3 is 2.72 bits per heavy atom. The molecule has 0 aromatic heterocycles. The normalized spacial score (nSPS) is 23.6. The molecule has 1 aliphatic rings. The van der Waals surface area contributed by atoms with Crippen molar-refractivity contribution in [3.63, 3.8) is 0 Å². The van der Waals surface area contributed by atoms with Crippen LogP contribution in [0.25, 0.3) is 0 Å².